The summed E-state index contributed by atoms with van der Waals surface area (Å²) in [4.78, 5) is 32.0. The fourth-order valence-electron chi connectivity index (χ4n) is 1.67. The van der Waals surface area contributed by atoms with Gasteiger partial charge in [-0.3, -0.25) is 19.7 Å². The number of anilines is 1. The lowest BCUT2D eigenvalue weighted by atomic mass is 10.2. The molecular weight excluding hydrogens is 372 g/mol. The maximum atomic E-state index is 12.1. The Kier molecular flexibility index (Phi) is 17.2. The Labute approximate surface area is 172 Å². The Morgan fingerprint density at radius 1 is 0.931 bits per heavy atom. The first kappa shape index (κ1) is 27.8. The lowest BCUT2D eigenvalue weighted by Gasteiger charge is -2.09. The van der Waals surface area contributed by atoms with E-state index in [0.29, 0.717) is 11.4 Å². The first-order valence-electron chi connectivity index (χ1n) is 9.30. The molecule has 0 fully saturated rings. The summed E-state index contributed by atoms with van der Waals surface area (Å²) in [7, 11) is 0.889. The minimum atomic E-state index is -1.15. The zero-order chi connectivity index (χ0) is 22.7. The molecule has 8 heteroatoms. The van der Waals surface area contributed by atoms with Crippen molar-refractivity contribution < 1.29 is 14.5 Å². The summed E-state index contributed by atoms with van der Waals surface area (Å²) in [5, 5.41) is 19.2. The van der Waals surface area contributed by atoms with Crippen LogP contribution in [-0.2, 0) is 9.59 Å². The summed E-state index contributed by atoms with van der Waals surface area (Å²) in [6.07, 6.45) is 0. The molecule has 0 saturated carbocycles. The van der Waals surface area contributed by atoms with Crippen LogP contribution in [0.4, 0.5) is 11.4 Å². The van der Waals surface area contributed by atoms with E-state index in [9.17, 15) is 9.59 Å². The van der Waals surface area contributed by atoms with E-state index < -0.39 is 16.9 Å². The summed E-state index contributed by atoms with van der Waals surface area (Å²) in [6, 6.07) is 16.7. The predicted molar refractivity (Wildman–Crippen MR) is 116 cm³/mol. The molecule has 0 heterocycles. The van der Waals surface area contributed by atoms with Crippen molar-refractivity contribution >= 4 is 23.1 Å². The number of hydrogen-bond donors (Lipinski definition) is 1. The van der Waals surface area contributed by atoms with Crippen LogP contribution in [0.15, 0.2) is 70.9 Å². The average molecular weight is 402 g/mol. The van der Waals surface area contributed by atoms with Gasteiger partial charge in [-0.05, 0) is 31.2 Å². The number of nitrogens with zero attached hydrogens (tertiary/aromatic N) is 3. The van der Waals surface area contributed by atoms with E-state index in [4.69, 9.17) is 10.1 Å². The number of Topliss-reactive ketones (excluding diaryl/α,β-unsaturated/α-hetero) is 1. The quantitative estimate of drug-likeness (QED) is 0.316. The number of carbonyl (C=O) groups is 2. The van der Waals surface area contributed by atoms with E-state index in [1.807, 2.05) is 39.8 Å². The van der Waals surface area contributed by atoms with Gasteiger partial charge in [0.15, 0.2) is 12.8 Å². The third kappa shape index (κ3) is 14.3. The molecule has 0 radical (unpaired) electrons. The highest BCUT2D eigenvalue weighted by Crippen LogP contribution is 2.13. The largest absolute Gasteiger partial charge is 0.324 e. The van der Waals surface area contributed by atoms with Crippen LogP contribution in [0.3, 0.4) is 0 Å². The van der Waals surface area contributed by atoms with Crippen molar-refractivity contribution in [2.75, 3.05) is 12.4 Å². The zero-order valence-electron chi connectivity index (χ0n) is 17.8. The van der Waals surface area contributed by atoms with Crippen molar-refractivity contribution in [3.63, 3.8) is 0 Å². The van der Waals surface area contributed by atoms with Gasteiger partial charge in [-0.25, -0.2) is 0 Å². The van der Waals surface area contributed by atoms with Crippen molar-refractivity contribution in [3.05, 3.63) is 70.8 Å². The van der Waals surface area contributed by atoms with Gasteiger partial charge in [0, 0.05) is 10.6 Å². The van der Waals surface area contributed by atoms with E-state index in [0.717, 1.165) is 7.05 Å². The highest BCUT2D eigenvalue weighted by molar-refractivity contribution is 6.10. The number of hydrogen-bond acceptors (Lipinski definition) is 6. The first-order valence-corrected chi connectivity index (χ1v) is 9.30. The number of rotatable bonds is 5. The molecule has 0 spiro atoms. The Hall–Kier alpha value is -3.42. The normalized spacial score (nSPS) is 10.0. The number of benzene rings is 2. The molecule has 0 saturated heterocycles. The second kappa shape index (κ2) is 18.0. The molecule has 2 aromatic rings. The van der Waals surface area contributed by atoms with Gasteiger partial charge in [-0.15, -0.1) is 0 Å². The van der Waals surface area contributed by atoms with Crippen LogP contribution in [0.2, 0.25) is 0 Å². The van der Waals surface area contributed by atoms with E-state index in [2.05, 4.69) is 15.5 Å². The smallest absolute Gasteiger partial charge is 0.258 e. The van der Waals surface area contributed by atoms with Crippen LogP contribution in [0.25, 0.3) is 0 Å². The molecule has 29 heavy (non-hydrogen) atoms. The molecule has 1 unspecified atom stereocenters. The van der Waals surface area contributed by atoms with Crippen molar-refractivity contribution in [2.45, 2.75) is 40.7 Å². The minimum absolute atomic E-state index is 0.358. The standard InChI is InChI=1S/C16H15N3O2.2C2H6.CH3NO2/c1-12(20)15(19-18-14-10-6-3-7-11-14)16(21)17-13-8-4-2-5-9-13;2*1-2;1-2(3)4/h2-11,15H,1H3,(H,17,21);2*1-2H3;1H3. The molecule has 0 aliphatic rings. The van der Waals surface area contributed by atoms with Crippen LogP contribution in [-0.4, -0.2) is 29.7 Å². The maximum Gasteiger partial charge on any atom is 0.258 e. The molecule has 8 nitrogen and oxygen atoms in total. The maximum absolute atomic E-state index is 12.1. The molecule has 0 bridgehead atoms. The van der Waals surface area contributed by atoms with Crippen molar-refractivity contribution in [1.82, 2.24) is 0 Å². The van der Waals surface area contributed by atoms with Gasteiger partial charge in [-0.2, -0.15) is 10.2 Å². The fraction of sp³-hybridized carbons (Fsp3) is 0.333. The van der Waals surface area contributed by atoms with Crippen molar-refractivity contribution in [2.24, 2.45) is 10.2 Å². The second-order valence-electron chi connectivity index (χ2n) is 4.86. The minimum Gasteiger partial charge on any atom is -0.324 e. The van der Waals surface area contributed by atoms with Gasteiger partial charge in [0.2, 0.25) is 6.04 Å². The summed E-state index contributed by atoms with van der Waals surface area (Å²) in [5.74, 6) is -0.850. The summed E-state index contributed by atoms with van der Waals surface area (Å²) < 4.78 is 0. The average Bonchev–Trinajstić information content (AvgIpc) is 2.72. The van der Waals surface area contributed by atoms with E-state index >= 15 is 0 Å². The number of para-hydroxylation sites is 1. The number of amides is 1. The van der Waals surface area contributed by atoms with Gasteiger partial charge in [0.1, 0.15) is 0 Å². The topological polar surface area (TPSA) is 114 Å². The van der Waals surface area contributed by atoms with E-state index in [-0.39, 0.29) is 5.78 Å². The van der Waals surface area contributed by atoms with E-state index in [1.54, 1.807) is 48.5 Å². The Bertz CT molecular complexity index is 731. The van der Waals surface area contributed by atoms with E-state index in [1.165, 1.54) is 6.92 Å². The molecule has 2 aromatic carbocycles. The van der Waals surface area contributed by atoms with Gasteiger partial charge < -0.3 is 5.32 Å². The SMILES string of the molecule is CC.CC.CC(=O)C(N=Nc1ccccc1)C(=O)Nc1ccccc1.C[N+](=O)[O-]. The molecule has 0 aliphatic carbocycles. The highest BCUT2D eigenvalue weighted by atomic mass is 16.6. The van der Waals surface area contributed by atoms with Gasteiger partial charge in [0.05, 0.1) is 5.69 Å². The van der Waals surface area contributed by atoms with Crippen LogP contribution in [0.1, 0.15) is 34.6 Å². The number of carbonyl (C=O) groups excluding carboxylic acids is 2. The van der Waals surface area contributed by atoms with Gasteiger partial charge in [0.25, 0.3) is 5.91 Å². The monoisotopic (exact) mass is 402 g/mol. The Balaban J connectivity index is 0. The van der Waals surface area contributed by atoms with Crippen LogP contribution < -0.4 is 5.32 Å². The Morgan fingerprint density at radius 3 is 1.76 bits per heavy atom. The summed E-state index contributed by atoms with van der Waals surface area (Å²) in [6.45, 7) is 9.32. The number of azo groups is 1. The Morgan fingerprint density at radius 2 is 1.34 bits per heavy atom. The molecule has 0 aromatic heterocycles. The lowest BCUT2D eigenvalue weighted by Crippen LogP contribution is -2.31. The molecule has 1 amide bonds. The molecule has 1 atom stereocenters. The predicted octanol–water partition coefficient (Wildman–Crippen LogP) is 5.31. The summed E-state index contributed by atoms with van der Waals surface area (Å²) >= 11 is 0. The molecular formula is C21H30N4O4. The third-order valence-corrected chi connectivity index (χ3v) is 2.72. The number of ketones is 1. The summed E-state index contributed by atoms with van der Waals surface area (Å²) in [5.41, 5.74) is 1.21. The molecule has 158 valence electrons. The number of nitrogens with one attached hydrogen (secondary N) is 1. The second-order valence-corrected chi connectivity index (χ2v) is 4.86. The first-order chi connectivity index (χ1) is 13.9. The van der Waals surface area contributed by atoms with Crippen molar-refractivity contribution in [3.8, 4) is 0 Å². The lowest BCUT2D eigenvalue weighted by molar-refractivity contribution is -0.445. The molecule has 0 aliphatic heterocycles. The number of nitro groups is 1. The van der Waals surface area contributed by atoms with Crippen LogP contribution >= 0.6 is 0 Å². The zero-order valence-corrected chi connectivity index (χ0v) is 17.8. The van der Waals surface area contributed by atoms with Gasteiger partial charge in [-0.1, -0.05) is 64.1 Å². The highest BCUT2D eigenvalue weighted by Gasteiger charge is 2.23. The fourth-order valence-corrected chi connectivity index (χ4v) is 1.67. The molecule has 1 N–H and O–H groups in total. The van der Waals surface area contributed by atoms with Crippen LogP contribution in [0, 0.1) is 10.1 Å². The van der Waals surface area contributed by atoms with Gasteiger partial charge >= 0.3 is 0 Å². The third-order valence-electron chi connectivity index (χ3n) is 2.72. The molecule has 2 rings (SSSR count). The van der Waals surface area contributed by atoms with Crippen LogP contribution in [0.5, 0.6) is 0 Å². The van der Waals surface area contributed by atoms with Crippen molar-refractivity contribution in [1.29, 1.82) is 0 Å².